The molecule has 0 atom stereocenters. The van der Waals surface area contributed by atoms with Crippen LogP contribution in [0.3, 0.4) is 0 Å². The molecule has 2 aromatic carbocycles. The van der Waals surface area contributed by atoms with E-state index in [0.717, 1.165) is 16.1 Å². The number of non-ortho nitro benzene ring substituents is 1. The van der Waals surface area contributed by atoms with Gasteiger partial charge in [0.05, 0.1) is 10.5 Å². The molecule has 0 heterocycles. The predicted molar refractivity (Wildman–Crippen MR) is 80.8 cm³/mol. The van der Waals surface area contributed by atoms with Crippen molar-refractivity contribution in [1.29, 1.82) is 0 Å². The molecule has 0 saturated heterocycles. The molecule has 2 rings (SSSR count). The third-order valence-corrected chi connectivity index (χ3v) is 3.56. The molecule has 0 unspecified atom stereocenters. The van der Waals surface area contributed by atoms with Crippen molar-refractivity contribution in [3.8, 4) is 0 Å². The van der Waals surface area contributed by atoms with Crippen LogP contribution in [-0.4, -0.2) is 10.9 Å². The number of nitrogens with zero attached hydrogens (tertiary/aromatic N) is 1. The smallest absolute Gasteiger partial charge is 0.340 e. The number of carbonyl (C=O) groups excluding carboxylic acids is 1. The normalized spacial score (nSPS) is 10.1. The van der Waals surface area contributed by atoms with Crippen LogP contribution in [0, 0.1) is 10.1 Å². The number of nitro benzene ring substituents is 1. The van der Waals surface area contributed by atoms with E-state index in [4.69, 9.17) is 10.5 Å². The van der Waals surface area contributed by atoms with E-state index in [9.17, 15) is 14.9 Å². The van der Waals surface area contributed by atoms with Gasteiger partial charge in [0.25, 0.3) is 5.69 Å². The lowest BCUT2D eigenvalue weighted by Gasteiger charge is -2.08. The van der Waals surface area contributed by atoms with E-state index in [0.29, 0.717) is 0 Å². The number of anilines is 1. The summed E-state index contributed by atoms with van der Waals surface area (Å²) in [5.41, 5.74) is 6.35. The van der Waals surface area contributed by atoms with Crippen molar-refractivity contribution in [2.75, 3.05) is 5.73 Å². The summed E-state index contributed by atoms with van der Waals surface area (Å²) in [4.78, 5) is 22.1. The summed E-state index contributed by atoms with van der Waals surface area (Å²) in [6.07, 6.45) is 0. The fourth-order valence-electron chi connectivity index (χ4n) is 1.67. The Morgan fingerprint density at radius 3 is 2.67 bits per heavy atom. The summed E-state index contributed by atoms with van der Waals surface area (Å²) in [7, 11) is 0. The Labute approximate surface area is 128 Å². The summed E-state index contributed by atoms with van der Waals surface area (Å²) in [5.74, 6) is -0.702. The largest absolute Gasteiger partial charge is 0.457 e. The lowest BCUT2D eigenvalue weighted by atomic mass is 10.1. The van der Waals surface area contributed by atoms with Gasteiger partial charge in [-0.05, 0) is 12.1 Å². The highest BCUT2D eigenvalue weighted by atomic mass is 79.9. The van der Waals surface area contributed by atoms with Gasteiger partial charge in [-0.15, -0.1) is 0 Å². The lowest BCUT2D eigenvalue weighted by molar-refractivity contribution is -0.384. The first-order valence-corrected chi connectivity index (χ1v) is 6.73. The number of rotatable bonds is 4. The number of nitro groups is 1. The third kappa shape index (κ3) is 3.57. The third-order valence-electron chi connectivity index (χ3n) is 2.78. The molecule has 21 heavy (non-hydrogen) atoms. The monoisotopic (exact) mass is 350 g/mol. The number of carbonyl (C=O) groups is 1. The molecule has 0 amide bonds. The van der Waals surface area contributed by atoms with E-state index in [-0.39, 0.29) is 23.5 Å². The number of benzene rings is 2. The van der Waals surface area contributed by atoms with E-state index in [1.165, 1.54) is 12.1 Å². The molecule has 0 radical (unpaired) electrons. The molecule has 2 aromatic rings. The van der Waals surface area contributed by atoms with Crippen LogP contribution in [0.25, 0.3) is 0 Å². The minimum atomic E-state index is -0.702. The maximum Gasteiger partial charge on any atom is 0.340 e. The van der Waals surface area contributed by atoms with E-state index < -0.39 is 10.9 Å². The molecule has 6 nitrogen and oxygen atoms in total. The SMILES string of the molecule is Nc1ccc([N+](=O)[O-])cc1C(=O)OCc1ccccc1Br. The summed E-state index contributed by atoms with van der Waals surface area (Å²) < 4.78 is 5.95. The zero-order valence-electron chi connectivity index (χ0n) is 10.8. The quantitative estimate of drug-likeness (QED) is 0.395. The molecule has 0 aliphatic rings. The number of ether oxygens (including phenoxy) is 1. The van der Waals surface area contributed by atoms with Crippen LogP contribution in [0.2, 0.25) is 0 Å². The minimum Gasteiger partial charge on any atom is -0.457 e. The molecular formula is C14H11BrN2O4. The number of nitrogens with two attached hydrogens (primary N) is 1. The molecular weight excluding hydrogens is 340 g/mol. The van der Waals surface area contributed by atoms with Crippen LogP contribution in [0.5, 0.6) is 0 Å². The molecule has 108 valence electrons. The van der Waals surface area contributed by atoms with Crippen molar-refractivity contribution < 1.29 is 14.5 Å². The van der Waals surface area contributed by atoms with Crippen LogP contribution in [0.4, 0.5) is 11.4 Å². The Morgan fingerprint density at radius 2 is 2.00 bits per heavy atom. The Kier molecular flexibility index (Phi) is 4.54. The van der Waals surface area contributed by atoms with E-state index >= 15 is 0 Å². The highest BCUT2D eigenvalue weighted by molar-refractivity contribution is 9.10. The standard InChI is InChI=1S/C14H11BrN2O4/c15-12-4-2-1-3-9(12)8-21-14(18)11-7-10(17(19)20)5-6-13(11)16/h1-7H,8,16H2. The molecule has 0 aliphatic heterocycles. The second-order valence-corrected chi connectivity index (χ2v) is 5.05. The molecule has 0 aromatic heterocycles. The van der Waals surface area contributed by atoms with Crippen LogP contribution >= 0.6 is 15.9 Å². The van der Waals surface area contributed by atoms with Crippen molar-refractivity contribution in [2.45, 2.75) is 6.61 Å². The van der Waals surface area contributed by atoms with Crippen molar-refractivity contribution in [2.24, 2.45) is 0 Å². The van der Waals surface area contributed by atoms with Gasteiger partial charge in [-0.1, -0.05) is 34.1 Å². The Bertz CT molecular complexity index is 703. The molecule has 0 spiro atoms. The van der Waals surface area contributed by atoms with Gasteiger partial charge >= 0.3 is 5.97 Å². The highest BCUT2D eigenvalue weighted by Gasteiger charge is 2.16. The maximum atomic E-state index is 12.0. The molecule has 0 fully saturated rings. The zero-order chi connectivity index (χ0) is 15.4. The Balaban J connectivity index is 2.15. The number of nitrogen functional groups attached to an aromatic ring is 1. The number of halogens is 1. The molecule has 7 heteroatoms. The van der Waals surface area contributed by atoms with E-state index in [2.05, 4.69) is 15.9 Å². The van der Waals surface area contributed by atoms with Gasteiger partial charge < -0.3 is 10.5 Å². The fraction of sp³-hybridized carbons (Fsp3) is 0.0714. The summed E-state index contributed by atoms with van der Waals surface area (Å²) in [6.45, 7) is 0.0440. The van der Waals surface area contributed by atoms with Gasteiger partial charge in [-0.2, -0.15) is 0 Å². The van der Waals surface area contributed by atoms with Crippen molar-refractivity contribution in [1.82, 2.24) is 0 Å². The average Bonchev–Trinajstić information content (AvgIpc) is 2.46. The number of hydrogen-bond acceptors (Lipinski definition) is 5. The maximum absolute atomic E-state index is 12.0. The average molecular weight is 351 g/mol. The topological polar surface area (TPSA) is 95.5 Å². The number of esters is 1. The summed E-state index contributed by atoms with van der Waals surface area (Å²) in [5, 5.41) is 10.7. The summed E-state index contributed by atoms with van der Waals surface area (Å²) in [6, 6.07) is 10.9. The first kappa shape index (κ1) is 15.0. The van der Waals surface area contributed by atoms with Gasteiger partial charge in [0.1, 0.15) is 6.61 Å². The molecule has 0 saturated carbocycles. The second-order valence-electron chi connectivity index (χ2n) is 4.20. The van der Waals surface area contributed by atoms with Crippen LogP contribution in [0.1, 0.15) is 15.9 Å². The Hall–Kier alpha value is -2.41. The number of hydrogen-bond donors (Lipinski definition) is 1. The van der Waals surface area contributed by atoms with Gasteiger partial charge in [-0.25, -0.2) is 4.79 Å². The van der Waals surface area contributed by atoms with Gasteiger partial charge in [-0.3, -0.25) is 10.1 Å². The Morgan fingerprint density at radius 1 is 1.29 bits per heavy atom. The molecule has 0 aliphatic carbocycles. The summed E-state index contributed by atoms with van der Waals surface area (Å²) >= 11 is 3.34. The molecule has 0 bridgehead atoms. The predicted octanol–water partition coefficient (Wildman–Crippen LogP) is 3.30. The zero-order valence-corrected chi connectivity index (χ0v) is 12.4. The van der Waals surface area contributed by atoms with Crippen LogP contribution in [0.15, 0.2) is 46.9 Å². The van der Waals surface area contributed by atoms with E-state index in [1.807, 2.05) is 18.2 Å². The van der Waals surface area contributed by atoms with Gasteiger partial charge in [0.2, 0.25) is 0 Å². The van der Waals surface area contributed by atoms with Crippen LogP contribution < -0.4 is 5.73 Å². The van der Waals surface area contributed by atoms with Crippen molar-refractivity contribution in [3.05, 3.63) is 68.2 Å². The van der Waals surface area contributed by atoms with Crippen molar-refractivity contribution >= 4 is 33.3 Å². The molecule has 2 N–H and O–H groups in total. The highest BCUT2D eigenvalue weighted by Crippen LogP contribution is 2.22. The minimum absolute atomic E-state index is 0.0174. The van der Waals surface area contributed by atoms with Gasteiger partial charge in [0, 0.05) is 27.9 Å². The second kappa shape index (κ2) is 6.36. The fourth-order valence-corrected chi connectivity index (χ4v) is 2.07. The van der Waals surface area contributed by atoms with E-state index in [1.54, 1.807) is 6.07 Å². The first-order chi connectivity index (χ1) is 9.99. The van der Waals surface area contributed by atoms with Crippen molar-refractivity contribution in [3.63, 3.8) is 0 Å². The lowest BCUT2D eigenvalue weighted by Crippen LogP contribution is -2.09. The van der Waals surface area contributed by atoms with Crippen LogP contribution in [-0.2, 0) is 11.3 Å². The first-order valence-electron chi connectivity index (χ1n) is 5.93. The van der Waals surface area contributed by atoms with Gasteiger partial charge in [0.15, 0.2) is 0 Å².